The molecule has 0 unspecified atom stereocenters. The van der Waals surface area contributed by atoms with Gasteiger partial charge in [-0.25, -0.2) is 4.79 Å². The number of rotatable bonds is 4. The Morgan fingerprint density at radius 3 is 2.52 bits per heavy atom. The molecule has 144 valence electrons. The number of hydrogen-bond acceptors (Lipinski definition) is 7. The van der Waals surface area contributed by atoms with Gasteiger partial charge in [-0.15, -0.1) is 0 Å². The van der Waals surface area contributed by atoms with Crippen LogP contribution >= 0.6 is 0 Å². The summed E-state index contributed by atoms with van der Waals surface area (Å²) in [6, 6.07) is 5.28. The summed E-state index contributed by atoms with van der Waals surface area (Å²) in [6.45, 7) is 4.11. The number of allylic oxidation sites excluding steroid dienone is 1. The Kier molecular flexibility index (Phi) is 4.81. The van der Waals surface area contributed by atoms with Crippen molar-refractivity contribution in [3.05, 3.63) is 41.1 Å². The van der Waals surface area contributed by atoms with Crippen molar-refractivity contribution in [2.24, 2.45) is 0 Å². The van der Waals surface area contributed by atoms with Gasteiger partial charge in [0.25, 0.3) is 0 Å². The summed E-state index contributed by atoms with van der Waals surface area (Å²) in [7, 11) is 0. The fourth-order valence-electron chi connectivity index (χ4n) is 2.75. The molecule has 0 saturated heterocycles. The number of anilines is 1. The summed E-state index contributed by atoms with van der Waals surface area (Å²) in [4.78, 5) is 12.8. The number of carbonyl (C=O) groups is 1. The van der Waals surface area contributed by atoms with Crippen LogP contribution in [-0.2, 0) is 9.53 Å². The van der Waals surface area contributed by atoms with Crippen molar-refractivity contribution < 1.29 is 23.0 Å². The third kappa shape index (κ3) is 4.04. The number of tetrazole rings is 1. The van der Waals surface area contributed by atoms with Crippen LogP contribution in [-0.4, -0.2) is 38.4 Å². The van der Waals surface area contributed by atoms with Crippen LogP contribution in [0.15, 0.2) is 35.5 Å². The monoisotopic (exact) mass is 379 g/mol. The van der Waals surface area contributed by atoms with Crippen molar-refractivity contribution in [1.82, 2.24) is 20.2 Å². The van der Waals surface area contributed by atoms with Crippen LogP contribution in [0.4, 0.5) is 14.7 Å². The molecular weight excluding hydrogens is 360 g/mol. The highest BCUT2D eigenvalue weighted by Gasteiger charge is 2.36. The molecule has 3 rings (SSSR count). The highest BCUT2D eigenvalue weighted by Crippen LogP contribution is 2.36. The van der Waals surface area contributed by atoms with Gasteiger partial charge in [0.15, 0.2) is 0 Å². The number of esters is 1. The molecule has 0 saturated carbocycles. The molecule has 1 aliphatic heterocycles. The standard InChI is InChI=1S/C17H19F2N5O3/c1-9-12(14(25)27-17(2,3)4)13(24-16(20-9)21-22-23-24)10-5-7-11(8-6-10)26-15(18)19/h5-8,13,15H,1-4H3,(H,20,21,23)/t13-/m0/s1. The molecule has 1 aromatic heterocycles. The number of alkyl halides is 2. The van der Waals surface area contributed by atoms with Crippen molar-refractivity contribution in [2.45, 2.75) is 45.9 Å². The highest BCUT2D eigenvalue weighted by molar-refractivity contribution is 5.92. The first-order chi connectivity index (χ1) is 12.7. The fraction of sp³-hybridized carbons (Fsp3) is 0.412. The summed E-state index contributed by atoms with van der Waals surface area (Å²) >= 11 is 0. The maximum Gasteiger partial charge on any atom is 0.387 e. The first-order valence-corrected chi connectivity index (χ1v) is 8.19. The Morgan fingerprint density at radius 1 is 1.26 bits per heavy atom. The van der Waals surface area contributed by atoms with Crippen LogP contribution in [0.1, 0.15) is 39.3 Å². The zero-order valence-corrected chi connectivity index (χ0v) is 15.2. The fourth-order valence-corrected chi connectivity index (χ4v) is 2.75. The molecule has 0 aliphatic carbocycles. The number of aromatic nitrogens is 4. The predicted molar refractivity (Wildman–Crippen MR) is 91.2 cm³/mol. The number of fused-ring (bicyclic) bond motifs is 1. The number of ether oxygens (including phenoxy) is 2. The Hall–Kier alpha value is -3.04. The van der Waals surface area contributed by atoms with E-state index in [0.717, 1.165) is 0 Å². The van der Waals surface area contributed by atoms with Gasteiger partial charge < -0.3 is 14.8 Å². The zero-order valence-electron chi connectivity index (χ0n) is 15.2. The van der Waals surface area contributed by atoms with E-state index in [2.05, 4.69) is 25.6 Å². The lowest BCUT2D eigenvalue weighted by molar-refractivity contribution is -0.150. The van der Waals surface area contributed by atoms with E-state index in [1.165, 1.54) is 16.8 Å². The van der Waals surface area contributed by atoms with Crippen molar-refractivity contribution in [2.75, 3.05) is 5.32 Å². The first-order valence-electron chi connectivity index (χ1n) is 8.19. The van der Waals surface area contributed by atoms with Crippen molar-refractivity contribution in [3.63, 3.8) is 0 Å². The highest BCUT2D eigenvalue weighted by atomic mass is 19.3. The molecule has 0 spiro atoms. The van der Waals surface area contributed by atoms with Crippen LogP contribution in [0.3, 0.4) is 0 Å². The molecule has 0 amide bonds. The average Bonchev–Trinajstić information content (AvgIpc) is 3.00. The minimum absolute atomic E-state index is 0.0131. The minimum Gasteiger partial charge on any atom is -0.456 e. The molecule has 2 aromatic rings. The Morgan fingerprint density at radius 2 is 1.93 bits per heavy atom. The summed E-state index contributed by atoms with van der Waals surface area (Å²) in [5, 5.41) is 14.5. The molecule has 1 N–H and O–H groups in total. The van der Waals surface area contributed by atoms with Gasteiger partial charge >= 0.3 is 12.6 Å². The second-order valence-corrected chi connectivity index (χ2v) is 6.96. The molecule has 0 radical (unpaired) electrons. The van der Waals surface area contributed by atoms with Gasteiger partial charge in [0.2, 0.25) is 5.95 Å². The molecule has 1 atom stereocenters. The maximum atomic E-state index is 12.8. The lowest BCUT2D eigenvalue weighted by atomic mass is 9.95. The molecule has 8 nitrogen and oxygen atoms in total. The smallest absolute Gasteiger partial charge is 0.387 e. The Labute approximate surface area is 154 Å². The van der Waals surface area contributed by atoms with Crippen molar-refractivity contribution in [1.29, 1.82) is 0 Å². The van der Waals surface area contributed by atoms with E-state index in [1.54, 1.807) is 39.8 Å². The third-order valence-electron chi connectivity index (χ3n) is 3.75. The second kappa shape index (κ2) is 6.93. The van der Waals surface area contributed by atoms with E-state index >= 15 is 0 Å². The number of nitrogens with one attached hydrogen (secondary N) is 1. The number of carbonyl (C=O) groups excluding carboxylic acids is 1. The molecular formula is C17H19F2N5O3. The Balaban J connectivity index is 2.02. The van der Waals surface area contributed by atoms with E-state index in [0.29, 0.717) is 22.8 Å². The number of halogens is 2. The topological polar surface area (TPSA) is 91.2 Å². The van der Waals surface area contributed by atoms with Crippen molar-refractivity contribution >= 4 is 11.9 Å². The summed E-state index contributed by atoms with van der Waals surface area (Å²) < 4.78 is 36.1. The summed E-state index contributed by atoms with van der Waals surface area (Å²) in [5.74, 6) is -0.150. The van der Waals surface area contributed by atoms with E-state index in [1.807, 2.05) is 0 Å². The van der Waals surface area contributed by atoms with Crippen LogP contribution in [0, 0.1) is 0 Å². The van der Waals surface area contributed by atoms with Gasteiger partial charge in [0, 0.05) is 5.70 Å². The van der Waals surface area contributed by atoms with Gasteiger partial charge in [-0.1, -0.05) is 17.2 Å². The van der Waals surface area contributed by atoms with Crippen molar-refractivity contribution in [3.8, 4) is 5.75 Å². The molecule has 0 bridgehead atoms. The lowest BCUT2D eigenvalue weighted by Gasteiger charge is -2.29. The average molecular weight is 379 g/mol. The molecule has 1 aliphatic rings. The minimum atomic E-state index is -2.92. The molecule has 10 heteroatoms. The third-order valence-corrected chi connectivity index (χ3v) is 3.75. The molecule has 27 heavy (non-hydrogen) atoms. The summed E-state index contributed by atoms with van der Waals surface area (Å²) in [6.07, 6.45) is 0. The number of hydrogen-bond donors (Lipinski definition) is 1. The largest absolute Gasteiger partial charge is 0.456 e. The zero-order chi connectivity index (χ0) is 19.8. The molecule has 0 fully saturated rings. The van der Waals surface area contributed by atoms with E-state index in [9.17, 15) is 13.6 Å². The lowest BCUT2D eigenvalue weighted by Crippen LogP contribution is -2.33. The Bertz CT molecular complexity index is 871. The van der Waals surface area contributed by atoms with Gasteiger partial charge in [0.05, 0.1) is 5.57 Å². The van der Waals surface area contributed by atoms with E-state index < -0.39 is 24.2 Å². The van der Waals surface area contributed by atoms with Crippen LogP contribution < -0.4 is 10.1 Å². The van der Waals surface area contributed by atoms with Crippen LogP contribution in [0.2, 0.25) is 0 Å². The normalized spacial score (nSPS) is 16.8. The second-order valence-electron chi connectivity index (χ2n) is 6.96. The predicted octanol–water partition coefficient (Wildman–Crippen LogP) is 2.91. The quantitative estimate of drug-likeness (QED) is 0.817. The number of benzene rings is 1. The van der Waals surface area contributed by atoms with Gasteiger partial charge in [0.1, 0.15) is 17.4 Å². The van der Waals surface area contributed by atoms with Gasteiger partial charge in [-0.3, -0.25) is 0 Å². The molecule has 2 heterocycles. The maximum absolute atomic E-state index is 12.8. The SMILES string of the molecule is CC1=C(C(=O)OC(C)(C)C)[C@H](c2ccc(OC(F)F)cc2)n2nnnc2N1. The molecule has 1 aromatic carbocycles. The van der Waals surface area contributed by atoms with E-state index in [4.69, 9.17) is 4.74 Å². The van der Waals surface area contributed by atoms with E-state index in [-0.39, 0.29) is 5.75 Å². The summed E-state index contributed by atoms with van der Waals surface area (Å²) in [5.41, 5.74) is 0.800. The first kappa shape index (κ1) is 18.7. The van der Waals surface area contributed by atoms with Gasteiger partial charge in [-0.05, 0) is 55.8 Å². The number of nitrogens with zero attached hydrogens (tertiary/aromatic N) is 4. The van der Waals surface area contributed by atoms with Gasteiger partial charge in [-0.2, -0.15) is 13.5 Å². The van der Waals surface area contributed by atoms with Crippen LogP contribution in [0.5, 0.6) is 5.75 Å². The van der Waals surface area contributed by atoms with Crippen LogP contribution in [0.25, 0.3) is 0 Å².